The fourth-order valence-electron chi connectivity index (χ4n) is 3.31. The number of hydrogen-bond acceptors (Lipinski definition) is 6. The Morgan fingerprint density at radius 2 is 1.83 bits per heavy atom. The van der Waals surface area contributed by atoms with Gasteiger partial charge in [0, 0.05) is 44.4 Å². The van der Waals surface area contributed by atoms with Crippen LogP contribution in [0, 0.1) is 0 Å². The largest absolute Gasteiger partial charge is 0.340 e. The van der Waals surface area contributed by atoms with Crippen molar-refractivity contribution in [3.63, 3.8) is 0 Å². The molecule has 2 amide bonds. The van der Waals surface area contributed by atoms with Crippen molar-refractivity contribution in [3.8, 4) is 11.4 Å². The zero-order valence-corrected chi connectivity index (χ0v) is 17.0. The molecule has 3 rings (SSSR count). The van der Waals surface area contributed by atoms with Crippen LogP contribution in [0.5, 0.6) is 0 Å². The SMILES string of the molecule is CN1CCN(C(=O)[C@H](CCCN)NC(=O)c2ccc(-c3ncn(C)n3)cc2)CC1. The summed E-state index contributed by atoms with van der Waals surface area (Å²) in [6.07, 6.45) is 2.83. The number of piperazine rings is 1. The summed E-state index contributed by atoms with van der Waals surface area (Å²) < 4.78 is 1.63. The number of likely N-dealkylation sites (N-methyl/N-ethyl adjacent to an activating group) is 1. The number of nitrogens with one attached hydrogen (secondary N) is 1. The summed E-state index contributed by atoms with van der Waals surface area (Å²) in [5, 5.41) is 7.16. The molecule has 0 spiro atoms. The summed E-state index contributed by atoms with van der Waals surface area (Å²) in [6, 6.07) is 6.50. The summed E-state index contributed by atoms with van der Waals surface area (Å²) in [5.74, 6) is 0.301. The molecule has 0 unspecified atom stereocenters. The number of nitrogens with zero attached hydrogens (tertiary/aromatic N) is 5. The highest BCUT2D eigenvalue weighted by atomic mass is 16.2. The Balaban J connectivity index is 1.66. The van der Waals surface area contributed by atoms with Crippen LogP contribution in [0.25, 0.3) is 11.4 Å². The van der Waals surface area contributed by atoms with Crippen LogP contribution >= 0.6 is 0 Å². The van der Waals surface area contributed by atoms with E-state index < -0.39 is 6.04 Å². The molecule has 156 valence electrons. The standard InChI is InChI=1S/C20H29N7O2/c1-25-10-12-27(13-11-25)20(29)17(4-3-9-21)23-19(28)16-7-5-15(6-8-16)18-22-14-26(2)24-18/h5-8,14,17H,3-4,9-13,21H2,1-2H3,(H,23,28)/t17-/m0/s1. The van der Waals surface area contributed by atoms with Gasteiger partial charge in [0.05, 0.1) is 0 Å². The number of aryl methyl sites for hydroxylation is 1. The van der Waals surface area contributed by atoms with Crippen LogP contribution in [0.3, 0.4) is 0 Å². The predicted octanol–water partition coefficient (Wildman–Crippen LogP) is 0.0934. The van der Waals surface area contributed by atoms with Crippen LogP contribution in [0.1, 0.15) is 23.2 Å². The van der Waals surface area contributed by atoms with Crippen LogP contribution in [0.15, 0.2) is 30.6 Å². The molecule has 0 radical (unpaired) electrons. The molecule has 1 aliphatic heterocycles. The zero-order chi connectivity index (χ0) is 20.8. The van der Waals surface area contributed by atoms with Gasteiger partial charge in [-0.15, -0.1) is 0 Å². The first-order valence-electron chi connectivity index (χ1n) is 9.92. The van der Waals surface area contributed by atoms with Gasteiger partial charge in [-0.1, -0.05) is 12.1 Å². The molecule has 0 bridgehead atoms. The minimum atomic E-state index is -0.563. The smallest absolute Gasteiger partial charge is 0.251 e. The fourth-order valence-corrected chi connectivity index (χ4v) is 3.31. The first-order valence-corrected chi connectivity index (χ1v) is 9.92. The Labute approximate surface area is 170 Å². The predicted molar refractivity (Wildman–Crippen MR) is 110 cm³/mol. The summed E-state index contributed by atoms with van der Waals surface area (Å²) in [5.41, 5.74) is 6.95. The van der Waals surface area contributed by atoms with Crippen molar-refractivity contribution < 1.29 is 9.59 Å². The summed E-state index contributed by atoms with van der Waals surface area (Å²) >= 11 is 0. The molecule has 3 N–H and O–H groups in total. The van der Waals surface area contributed by atoms with Crippen LogP contribution < -0.4 is 11.1 Å². The number of carbonyl (C=O) groups is 2. The molecular formula is C20H29N7O2. The number of benzene rings is 1. The second-order valence-corrected chi connectivity index (χ2v) is 7.40. The van der Waals surface area contributed by atoms with Gasteiger partial charge < -0.3 is 20.9 Å². The Kier molecular flexibility index (Phi) is 6.95. The van der Waals surface area contributed by atoms with Gasteiger partial charge in [0.15, 0.2) is 5.82 Å². The Bertz CT molecular complexity index is 826. The van der Waals surface area contributed by atoms with Crippen LogP contribution in [-0.2, 0) is 11.8 Å². The van der Waals surface area contributed by atoms with E-state index in [2.05, 4.69) is 20.3 Å². The minimum absolute atomic E-state index is 0.0331. The maximum atomic E-state index is 13.0. The molecule has 9 nitrogen and oxygen atoms in total. The number of nitrogens with two attached hydrogens (primary N) is 1. The van der Waals surface area contributed by atoms with E-state index in [4.69, 9.17) is 5.73 Å². The van der Waals surface area contributed by atoms with Gasteiger partial charge in [-0.25, -0.2) is 4.98 Å². The third-order valence-corrected chi connectivity index (χ3v) is 5.12. The number of carbonyl (C=O) groups excluding carboxylic acids is 2. The average molecular weight is 399 g/mol. The second kappa shape index (κ2) is 9.62. The van der Waals surface area contributed by atoms with Gasteiger partial charge in [0.2, 0.25) is 5.91 Å². The highest BCUT2D eigenvalue weighted by Crippen LogP contribution is 2.15. The highest BCUT2D eigenvalue weighted by molar-refractivity contribution is 5.97. The van der Waals surface area contributed by atoms with E-state index in [1.165, 1.54) is 0 Å². The number of amides is 2. The molecule has 1 aromatic carbocycles. The van der Waals surface area contributed by atoms with E-state index in [0.717, 1.165) is 18.7 Å². The van der Waals surface area contributed by atoms with Gasteiger partial charge in [-0.05, 0) is 38.6 Å². The normalized spacial score (nSPS) is 15.9. The highest BCUT2D eigenvalue weighted by Gasteiger charge is 2.27. The lowest BCUT2D eigenvalue weighted by Gasteiger charge is -2.34. The van der Waals surface area contributed by atoms with Crippen molar-refractivity contribution in [2.24, 2.45) is 12.8 Å². The zero-order valence-electron chi connectivity index (χ0n) is 17.0. The van der Waals surface area contributed by atoms with Gasteiger partial charge in [-0.2, -0.15) is 5.10 Å². The molecule has 2 heterocycles. The molecule has 1 atom stereocenters. The van der Waals surface area contributed by atoms with Crippen molar-refractivity contribution in [2.75, 3.05) is 39.8 Å². The van der Waals surface area contributed by atoms with Crippen LogP contribution in [0.2, 0.25) is 0 Å². The monoisotopic (exact) mass is 399 g/mol. The van der Waals surface area contributed by atoms with Gasteiger partial charge in [0.1, 0.15) is 12.4 Å². The lowest BCUT2D eigenvalue weighted by atomic mass is 10.1. The van der Waals surface area contributed by atoms with Crippen molar-refractivity contribution in [1.29, 1.82) is 0 Å². The molecule has 29 heavy (non-hydrogen) atoms. The molecule has 1 fully saturated rings. The van der Waals surface area contributed by atoms with Crippen LogP contribution in [0.4, 0.5) is 0 Å². The van der Waals surface area contributed by atoms with Gasteiger partial charge >= 0.3 is 0 Å². The minimum Gasteiger partial charge on any atom is -0.340 e. The molecule has 0 aliphatic carbocycles. The maximum absolute atomic E-state index is 13.0. The molecule has 1 aliphatic rings. The van der Waals surface area contributed by atoms with E-state index in [0.29, 0.717) is 43.9 Å². The van der Waals surface area contributed by atoms with E-state index in [9.17, 15) is 9.59 Å². The van der Waals surface area contributed by atoms with E-state index in [1.807, 2.05) is 11.9 Å². The number of aromatic nitrogens is 3. The van der Waals surface area contributed by atoms with Crippen LogP contribution in [-0.4, -0.2) is 82.2 Å². The number of hydrogen-bond donors (Lipinski definition) is 2. The average Bonchev–Trinajstić information content (AvgIpc) is 3.17. The van der Waals surface area contributed by atoms with Gasteiger partial charge in [-0.3, -0.25) is 14.3 Å². The molecule has 1 aromatic heterocycles. The van der Waals surface area contributed by atoms with Crippen molar-refractivity contribution in [1.82, 2.24) is 29.9 Å². The lowest BCUT2D eigenvalue weighted by Crippen LogP contribution is -2.54. The molecule has 2 aromatic rings. The fraction of sp³-hybridized carbons (Fsp3) is 0.500. The lowest BCUT2D eigenvalue weighted by molar-refractivity contribution is -0.135. The number of rotatable bonds is 7. The third kappa shape index (κ3) is 5.39. The van der Waals surface area contributed by atoms with Crippen molar-refractivity contribution in [3.05, 3.63) is 36.2 Å². The Morgan fingerprint density at radius 3 is 2.41 bits per heavy atom. The first-order chi connectivity index (χ1) is 14.0. The Hall–Kier alpha value is -2.78. The maximum Gasteiger partial charge on any atom is 0.251 e. The summed E-state index contributed by atoms with van der Waals surface area (Å²) in [4.78, 5) is 33.9. The van der Waals surface area contributed by atoms with E-state index in [-0.39, 0.29) is 11.8 Å². The molecule has 1 saturated heterocycles. The quantitative estimate of drug-likeness (QED) is 0.683. The third-order valence-electron chi connectivity index (χ3n) is 5.12. The second-order valence-electron chi connectivity index (χ2n) is 7.40. The van der Waals surface area contributed by atoms with E-state index in [1.54, 1.807) is 42.3 Å². The van der Waals surface area contributed by atoms with E-state index >= 15 is 0 Å². The van der Waals surface area contributed by atoms with Gasteiger partial charge in [0.25, 0.3) is 5.91 Å². The van der Waals surface area contributed by atoms with Crippen molar-refractivity contribution >= 4 is 11.8 Å². The topological polar surface area (TPSA) is 109 Å². The first kappa shape index (κ1) is 20.9. The van der Waals surface area contributed by atoms with Crippen molar-refractivity contribution in [2.45, 2.75) is 18.9 Å². The summed E-state index contributed by atoms with van der Waals surface area (Å²) in [6.45, 7) is 3.51. The summed E-state index contributed by atoms with van der Waals surface area (Å²) in [7, 11) is 3.84. The Morgan fingerprint density at radius 1 is 1.14 bits per heavy atom. The molecule has 9 heteroatoms. The molecular weight excluding hydrogens is 370 g/mol. The molecule has 0 saturated carbocycles.